The van der Waals surface area contributed by atoms with Gasteiger partial charge in [-0.3, -0.25) is 9.36 Å². The molecule has 1 unspecified atom stereocenters. The van der Waals surface area contributed by atoms with Gasteiger partial charge in [0.2, 0.25) is 0 Å². The van der Waals surface area contributed by atoms with Crippen molar-refractivity contribution in [2.45, 2.75) is 46.8 Å². The maximum atomic E-state index is 13.8. The summed E-state index contributed by atoms with van der Waals surface area (Å²) in [6, 6.07) is 12.7. The van der Waals surface area contributed by atoms with E-state index in [0.717, 1.165) is 15.6 Å². The highest BCUT2D eigenvalue weighted by Gasteiger charge is 2.35. The molecule has 2 heterocycles. The molecule has 0 spiro atoms. The molecule has 0 aliphatic carbocycles. The van der Waals surface area contributed by atoms with E-state index in [-0.39, 0.29) is 18.3 Å². The van der Waals surface area contributed by atoms with Crippen LogP contribution in [0.15, 0.2) is 68.0 Å². The van der Waals surface area contributed by atoms with Crippen LogP contribution in [0, 0.1) is 6.92 Å². The van der Waals surface area contributed by atoms with Gasteiger partial charge in [-0.25, -0.2) is 9.79 Å². The number of allylic oxidation sites excluding steroid dienone is 1. The minimum absolute atomic E-state index is 0.0805. The lowest BCUT2D eigenvalue weighted by Gasteiger charge is -2.26. The smallest absolute Gasteiger partial charge is 0.338 e. The highest BCUT2D eigenvalue weighted by molar-refractivity contribution is 9.10. The second-order valence-corrected chi connectivity index (χ2v) is 10.4. The molecule has 35 heavy (non-hydrogen) atoms. The maximum Gasteiger partial charge on any atom is 0.338 e. The van der Waals surface area contributed by atoms with E-state index in [4.69, 9.17) is 9.47 Å². The largest absolute Gasteiger partial charge is 0.491 e. The molecule has 2 aromatic carbocycles. The SMILES string of the molecule is CCOC(=O)C1=C(C)N=c2s/c(=C\c3ccc(C)c(Br)c3)c(=O)n2C1c1ccccc1OC(C)C. The molecule has 0 bridgehead atoms. The van der Waals surface area contributed by atoms with Gasteiger partial charge in [0.25, 0.3) is 5.56 Å². The fraction of sp³-hybridized carbons (Fsp3) is 0.296. The number of carbonyl (C=O) groups excluding carboxylic acids is 1. The van der Waals surface area contributed by atoms with Crippen LogP contribution in [0.4, 0.5) is 0 Å². The van der Waals surface area contributed by atoms with E-state index in [1.54, 1.807) is 18.4 Å². The number of para-hydroxylation sites is 1. The Kier molecular flexibility index (Phi) is 7.42. The minimum atomic E-state index is -0.716. The molecule has 6 nitrogen and oxygen atoms in total. The van der Waals surface area contributed by atoms with Gasteiger partial charge in [-0.2, -0.15) is 0 Å². The Morgan fingerprint density at radius 2 is 1.97 bits per heavy atom. The van der Waals surface area contributed by atoms with E-state index >= 15 is 0 Å². The lowest BCUT2D eigenvalue weighted by Crippen LogP contribution is -2.40. The standard InChI is InChI=1S/C27H27BrN2O4S/c1-6-33-26(32)23-17(5)29-27-30(24(23)19-9-7-8-10-21(19)34-15(2)3)25(31)22(35-27)14-18-12-11-16(4)20(28)13-18/h7-15,24H,6H2,1-5H3/b22-14-. The fourth-order valence-electron chi connectivity index (χ4n) is 4.00. The highest BCUT2D eigenvalue weighted by Crippen LogP contribution is 2.36. The Balaban J connectivity index is 1.98. The average molecular weight is 555 g/mol. The summed E-state index contributed by atoms with van der Waals surface area (Å²) in [4.78, 5) is 32.1. The van der Waals surface area contributed by atoms with Crippen molar-refractivity contribution in [2.75, 3.05) is 6.61 Å². The summed E-state index contributed by atoms with van der Waals surface area (Å²) in [6.45, 7) is 9.65. The Morgan fingerprint density at radius 1 is 1.23 bits per heavy atom. The molecule has 0 fully saturated rings. The first-order chi connectivity index (χ1) is 16.7. The number of aromatic nitrogens is 1. The van der Waals surface area contributed by atoms with Crippen LogP contribution in [0.25, 0.3) is 6.08 Å². The quantitative estimate of drug-likeness (QED) is 0.415. The monoisotopic (exact) mass is 554 g/mol. The zero-order chi connectivity index (χ0) is 25.3. The van der Waals surface area contributed by atoms with E-state index in [1.165, 1.54) is 11.3 Å². The first-order valence-electron chi connectivity index (χ1n) is 11.4. The highest BCUT2D eigenvalue weighted by atomic mass is 79.9. The van der Waals surface area contributed by atoms with Crippen LogP contribution >= 0.6 is 27.3 Å². The predicted octanol–water partition coefficient (Wildman–Crippen LogP) is 4.66. The van der Waals surface area contributed by atoms with Crippen LogP contribution in [0.2, 0.25) is 0 Å². The maximum absolute atomic E-state index is 13.8. The fourth-order valence-corrected chi connectivity index (χ4v) is 5.45. The van der Waals surface area contributed by atoms with Gasteiger partial charge >= 0.3 is 5.97 Å². The summed E-state index contributed by atoms with van der Waals surface area (Å²) in [5, 5.41) is 0. The normalized spacial score (nSPS) is 15.7. The first kappa shape index (κ1) is 25.1. The summed E-state index contributed by atoms with van der Waals surface area (Å²) in [5.74, 6) is 0.121. The number of rotatable bonds is 6. The van der Waals surface area contributed by atoms with E-state index < -0.39 is 12.0 Å². The molecule has 4 rings (SSSR count). The Bertz CT molecular complexity index is 1500. The van der Waals surface area contributed by atoms with Crippen molar-refractivity contribution in [1.82, 2.24) is 4.57 Å². The molecular formula is C27H27BrN2O4S. The molecule has 0 saturated heterocycles. The molecule has 1 atom stereocenters. The second-order valence-electron chi connectivity index (χ2n) is 8.52. The third-order valence-electron chi connectivity index (χ3n) is 5.59. The Morgan fingerprint density at radius 3 is 2.66 bits per heavy atom. The summed E-state index contributed by atoms with van der Waals surface area (Å²) < 4.78 is 14.5. The molecule has 1 aliphatic heterocycles. The van der Waals surface area contributed by atoms with Gasteiger partial charge in [-0.1, -0.05) is 57.6 Å². The number of fused-ring (bicyclic) bond motifs is 1. The number of nitrogens with zero attached hydrogens (tertiary/aromatic N) is 2. The van der Waals surface area contributed by atoms with Crippen molar-refractivity contribution in [2.24, 2.45) is 4.99 Å². The van der Waals surface area contributed by atoms with Crippen LogP contribution in [-0.2, 0) is 9.53 Å². The lowest BCUT2D eigenvalue weighted by molar-refractivity contribution is -0.139. The van der Waals surface area contributed by atoms with Crippen LogP contribution in [0.1, 0.15) is 50.4 Å². The summed E-state index contributed by atoms with van der Waals surface area (Å²) in [5.41, 5.74) is 3.37. The van der Waals surface area contributed by atoms with Gasteiger partial charge in [-0.15, -0.1) is 0 Å². The number of hydrogen-bond acceptors (Lipinski definition) is 6. The molecule has 0 saturated carbocycles. The number of ether oxygens (including phenoxy) is 2. The number of benzene rings is 2. The number of aryl methyl sites for hydroxylation is 1. The summed E-state index contributed by atoms with van der Waals surface area (Å²) in [6.07, 6.45) is 1.77. The third kappa shape index (κ3) is 5.04. The summed E-state index contributed by atoms with van der Waals surface area (Å²) >= 11 is 4.86. The average Bonchev–Trinajstić information content (AvgIpc) is 3.10. The van der Waals surface area contributed by atoms with Crippen LogP contribution in [-0.4, -0.2) is 23.2 Å². The van der Waals surface area contributed by atoms with Gasteiger partial charge in [-0.05, 0) is 64.0 Å². The molecule has 0 radical (unpaired) electrons. The van der Waals surface area contributed by atoms with Gasteiger partial charge < -0.3 is 9.47 Å². The number of esters is 1. The van der Waals surface area contributed by atoms with Gasteiger partial charge in [0.1, 0.15) is 11.8 Å². The topological polar surface area (TPSA) is 69.9 Å². The van der Waals surface area contributed by atoms with Crippen molar-refractivity contribution in [3.8, 4) is 5.75 Å². The predicted molar refractivity (Wildman–Crippen MR) is 141 cm³/mol. The molecule has 1 aliphatic rings. The van der Waals surface area contributed by atoms with Gasteiger partial charge in [0, 0.05) is 10.0 Å². The van der Waals surface area contributed by atoms with E-state index in [2.05, 4.69) is 20.9 Å². The van der Waals surface area contributed by atoms with Crippen LogP contribution in [0.3, 0.4) is 0 Å². The van der Waals surface area contributed by atoms with Gasteiger partial charge in [0.05, 0.1) is 28.5 Å². The van der Waals surface area contributed by atoms with Crippen molar-refractivity contribution in [3.63, 3.8) is 0 Å². The minimum Gasteiger partial charge on any atom is -0.491 e. The lowest BCUT2D eigenvalue weighted by atomic mass is 9.95. The number of carbonyl (C=O) groups is 1. The molecule has 182 valence electrons. The molecule has 0 N–H and O–H groups in total. The Labute approximate surface area is 216 Å². The third-order valence-corrected chi connectivity index (χ3v) is 7.42. The van der Waals surface area contributed by atoms with Crippen molar-refractivity contribution in [1.29, 1.82) is 0 Å². The van der Waals surface area contributed by atoms with Crippen molar-refractivity contribution >= 4 is 39.3 Å². The second kappa shape index (κ2) is 10.3. The van der Waals surface area contributed by atoms with E-state index in [9.17, 15) is 9.59 Å². The van der Waals surface area contributed by atoms with Crippen LogP contribution < -0.4 is 19.6 Å². The molecular weight excluding hydrogens is 528 g/mol. The van der Waals surface area contributed by atoms with Crippen molar-refractivity contribution in [3.05, 3.63) is 94.6 Å². The van der Waals surface area contributed by atoms with Gasteiger partial charge in [0.15, 0.2) is 4.80 Å². The molecule has 1 aromatic heterocycles. The summed E-state index contributed by atoms with van der Waals surface area (Å²) in [7, 11) is 0. The van der Waals surface area contributed by atoms with Crippen molar-refractivity contribution < 1.29 is 14.3 Å². The number of hydrogen-bond donors (Lipinski definition) is 0. The van der Waals surface area contributed by atoms with E-state index in [1.807, 2.05) is 69.3 Å². The first-order valence-corrected chi connectivity index (χ1v) is 13.0. The van der Waals surface area contributed by atoms with E-state index in [0.29, 0.717) is 31.9 Å². The van der Waals surface area contributed by atoms with Crippen LogP contribution in [0.5, 0.6) is 5.75 Å². The number of thiazole rings is 1. The number of halogens is 1. The zero-order valence-electron chi connectivity index (χ0n) is 20.3. The molecule has 0 amide bonds. The Hall–Kier alpha value is -2.97. The molecule has 8 heteroatoms. The zero-order valence-corrected chi connectivity index (χ0v) is 22.7. The molecule has 3 aromatic rings.